The van der Waals surface area contributed by atoms with Gasteiger partial charge in [0, 0.05) is 10.0 Å². The summed E-state index contributed by atoms with van der Waals surface area (Å²) in [5.41, 5.74) is 1.95. The normalized spacial score (nSPS) is 26.2. The molecule has 1 aliphatic heterocycles. The van der Waals surface area contributed by atoms with Crippen LogP contribution in [0.3, 0.4) is 0 Å². The number of imide groups is 1. The Morgan fingerprint density at radius 2 is 1.71 bits per heavy atom. The smallest absolute Gasteiger partial charge is 0.343 e. The molecule has 2 aliphatic carbocycles. The predicted octanol–water partition coefficient (Wildman–Crippen LogP) is 4.12. The second-order valence-electron chi connectivity index (χ2n) is 8.17. The van der Waals surface area contributed by atoms with Crippen LogP contribution in [0.4, 0.5) is 0 Å². The SMILES string of the molecule is Cc1ccc(C(=O)Oc2ccc(Br)cc2C=NN2C(=O)[C@@H]3[C@H](C2=O)[C@H]2C=C[C@H]3C2)cc1. The van der Waals surface area contributed by atoms with Crippen LogP contribution < -0.4 is 4.74 Å². The minimum atomic E-state index is -0.498. The molecule has 2 aromatic carbocycles. The number of benzene rings is 2. The zero-order valence-electron chi connectivity index (χ0n) is 16.7. The van der Waals surface area contributed by atoms with Gasteiger partial charge in [0.1, 0.15) is 5.75 Å². The van der Waals surface area contributed by atoms with Crippen LogP contribution in [0.25, 0.3) is 0 Å². The van der Waals surface area contributed by atoms with Gasteiger partial charge in [-0.2, -0.15) is 10.1 Å². The average Bonchev–Trinajstić information content (AvgIpc) is 3.43. The summed E-state index contributed by atoms with van der Waals surface area (Å²) in [6, 6.07) is 12.2. The molecule has 0 unspecified atom stereocenters. The van der Waals surface area contributed by atoms with Crippen molar-refractivity contribution in [3.63, 3.8) is 0 Å². The lowest BCUT2D eigenvalue weighted by atomic mass is 9.85. The van der Waals surface area contributed by atoms with Gasteiger partial charge in [-0.3, -0.25) is 9.59 Å². The Kier molecular flexibility index (Phi) is 4.85. The first-order valence-corrected chi connectivity index (χ1v) is 10.9. The molecule has 0 aromatic heterocycles. The van der Waals surface area contributed by atoms with Crippen molar-refractivity contribution in [1.29, 1.82) is 0 Å². The molecule has 0 N–H and O–H groups in total. The molecule has 6 nitrogen and oxygen atoms in total. The van der Waals surface area contributed by atoms with Crippen molar-refractivity contribution in [1.82, 2.24) is 5.01 Å². The number of rotatable bonds is 4. The zero-order valence-corrected chi connectivity index (χ0v) is 18.3. The third kappa shape index (κ3) is 3.43. The van der Waals surface area contributed by atoms with Gasteiger partial charge in [-0.25, -0.2) is 4.79 Å². The third-order valence-corrected chi connectivity index (χ3v) is 6.71. The van der Waals surface area contributed by atoms with Gasteiger partial charge in [-0.1, -0.05) is 45.8 Å². The minimum absolute atomic E-state index is 0.128. The fourth-order valence-electron chi connectivity index (χ4n) is 4.68. The Morgan fingerprint density at radius 3 is 2.35 bits per heavy atom. The molecule has 5 rings (SSSR count). The predicted molar refractivity (Wildman–Crippen MR) is 117 cm³/mol. The maximum atomic E-state index is 12.8. The molecule has 7 heteroatoms. The van der Waals surface area contributed by atoms with Gasteiger partial charge in [-0.05, 0) is 55.5 Å². The van der Waals surface area contributed by atoms with Crippen LogP contribution in [0.5, 0.6) is 5.75 Å². The molecule has 0 spiro atoms. The summed E-state index contributed by atoms with van der Waals surface area (Å²) >= 11 is 3.40. The van der Waals surface area contributed by atoms with E-state index < -0.39 is 5.97 Å². The molecule has 2 bridgehead atoms. The van der Waals surface area contributed by atoms with E-state index in [0.29, 0.717) is 16.9 Å². The van der Waals surface area contributed by atoms with Crippen molar-refractivity contribution in [2.75, 3.05) is 0 Å². The fraction of sp³-hybridized carbons (Fsp3) is 0.250. The molecule has 2 aromatic rings. The number of hydrogen-bond donors (Lipinski definition) is 0. The first kappa shape index (κ1) is 19.9. The standard InChI is InChI=1S/C24H19BrN2O4/c1-13-2-4-14(5-3-13)24(30)31-19-9-8-18(25)11-17(19)12-26-27-22(28)20-15-6-7-16(10-15)21(20)23(27)29/h2-9,11-12,15-16,20-21H,10H2,1H3/t15-,16-,20-,21+/m0/s1. The van der Waals surface area contributed by atoms with Gasteiger partial charge < -0.3 is 4.74 Å². The summed E-state index contributed by atoms with van der Waals surface area (Å²) in [6.45, 7) is 1.94. The van der Waals surface area contributed by atoms with Gasteiger partial charge in [0.05, 0.1) is 23.6 Å². The van der Waals surface area contributed by atoms with Gasteiger partial charge in [0.2, 0.25) is 0 Å². The molecule has 0 radical (unpaired) electrons. The fourth-order valence-corrected chi connectivity index (χ4v) is 5.06. The van der Waals surface area contributed by atoms with Crippen LogP contribution in [-0.4, -0.2) is 29.0 Å². The summed E-state index contributed by atoms with van der Waals surface area (Å²) in [4.78, 5) is 38.2. The molecule has 1 heterocycles. The monoisotopic (exact) mass is 478 g/mol. The molecule has 3 aliphatic rings. The highest BCUT2D eigenvalue weighted by Crippen LogP contribution is 2.52. The average molecular weight is 479 g/mol. The van der Waals surface area contributed by atoms with E-state index in [4.69, 9.17) is 4.74 Å². The number of esters is 1. The number of ether oxygens (including phenoxy) is 1. The summed E-state index contributed by atoms with van der Waals surface area (Å²) in [6.07, 6.45) is 6.35. The number of hydrogen-bond acceptors (Lipinski definition) is 5. The lowest BCUT2D eigenvalue weighted by molar-refractivity contribution is -0.140. The van der Waals surface area contributed by atoms with E-state index in [0.717, 1.165) is 21.5 Å². The lowest BCUT2D eigenvalue weighted by Gasteiger charge is -2.13. The molecule has 4 atom stereocenters. The summed E-state index contributed by atoms with van der Waals surface area (Å²) in [5.74, 6) is -1.07. The van der Waals surface area contributed by atoms with Gasteiger partial charge in [-0.15, -0.1) is 0 Å². The number of aryl methyl sites for hydroxylation is 1. The van der Waals surface area contributed by atoms with Crippen LogP contribution in [-0.2, 0) is 9.59 Å². The Labute approximate surface area is 187 Å². The number of allylic oxidation sites excluding steroid dienone is 2. The Bertz CT molecular complexity index is 1120. The number of carbonyl (C=O) groups excluding carboxylic acids is 3. The second kappa shape index (κ2) is 7.57. The quantitative estimate of drug-likeness (QED) is 0.218. The molecule has 1 saturated carbocycles. The topological polar surface area (TPSA) is 76.0 Å². The maximum Gasteiger partial charge on any atom is 0.343 e. The van der Waals surface area contributed by atoms with Gasteiger partial charge in [0.25, 0.3) is 11.8 Å². The lowest BCUT2D eigenvalue weighted by Crippen LogP contribution is -2.28. The first-order chi connectivity index (χ1) is 14.9. The number of carbonyl (C=O) groups is 3. The van der Waals surface area contributed by atoms with Gasteiger partial charge >= 0.3 is 5.97 Å². The minimum Gasteiger partial charge on any atom is -0.422 e. The summed E-state index contributed by atoms with van der Waals surface area (Å²) < 4.78 is 6.32. The number of halogens is 1. The van der Waals surface area contributed by atoms with Crippen molar-refractivity contribution >= 4 is 39.9 Å². The van der Waals surface area contributed by atoms with E-state index in [9.17, 15) is 14.4 Å². The van der Waals surface area contributed by atoms with Crippen LogP contribution in [0.1, 0.15) is 27.9 Å². The van der Waals surface area contributed by atoms with E-state index in [1.165, 1.54) is 6.21 Å². The highest BCUT2D eigenvalue weighted by atomic mass is 79.9. The molecular weight excluding hydrogens is 460 g/mol. The van der Waals surface area contributed by atoms with E-state index >= 15 is 0 Å². The Balaban J connectivity index is 1.38. The Hall–Kier alpha value is -3.06. The molecule has 156 valence electrons. The number of nitrogens with zero attached hydrogens (tertiary/aromatic N) is 2. The molecule has 31 heavy (non-hydrogen) atoms. The number of hydrazone groups is 1. The van der Waals surface area contributed by atoms with Crippen molar-refractivity contribution < 1.29 is 19.1 Å². The van der Waals surface area contributed by atoms with Crippen LogP contribution in [0.2, 0.25) is 0 Å². The molecule has 2 amide bonds. The van der Waals surface area contributed by atoms with Crippen molar-refractivity contribution in [3.8, 4) is 5.75 Å². The third-order valence-electron chi connectivity index (χ3n) is 6.22. The second-order valence-corrected chi connectivity index (χ2v) is 9.09. The van der Waals surface area contributed by atoms with Crippen molar-refractivity contribution in [2.24, 2.45) is 28.8 Å². The van der Waals surface area contributed by atoms with Crippen molar-refractivity contribution in [3.05, 3.63) is 75.8 Å². The first-order valence-electron chi connectivity index (χ1n) is 10.1. The van der Waals surface area contributed by atoms with Crippen LogP contribution in [0.15, 0.2) is 64.2 Å². The van der Waals surface area contributed by atoms with E-state index in [2.05, 4.69) is 21.0 Å². The summed E-state index contributed by atoms with van der Waals surface area (Å²) in [7, 11) is 0. The van der Waals surface area contributed by atoms with E-state index in [-0.39, 0.29) is 35.5 Å². The number of amides is 2. The molecule has 1 saturated heterocycles. The Morgan fingerprint density at radius 1 is 1.06 bits per heavy atom. The summed E-state index contributed by atoms with van der Waals surface area (Å²) in [5, 5.41) is 5.18. The van der Waals surface area contributed by atoms with E-state index in [1.54, 1.807) is 30.3 Å². The molecule has 2 fully saturated rings. The molecular formula is C24H19BrN2O4. The van der Waals surface area contributed by atoms with Gasteiger partial charge in [0.15, 0.2) is 0 Å². The van der Waals surface area contributed by atoms with Crippen LogP contribution >= 0.6 is 15.9 Å². The highest BCUT2D eigenvalue weighted by molar-refractivity contribution is 9.10. The van der Waals surface area contributed by atoms with Crippen molar-refractivity contribution in [2.45, 2.75) is 13.3 Å². The highest BCUT2D eigenvalue weighted by Gasteiger charge is 2.59. The number of fused-ring (bicyclic) bond motifs is 5. The maximum absolute atomic E-state index is 12.8. The van der Waals surface area contributed by atoms with Crippen LogP contribution in [0, 0.1) is 30.6 Å². The largest absolute Gasteiger partial charge is 0.422 e. The van der Waals surface area contributed by atoms with E-state index in [1.807, 2.05) is 31.2 Å². The zero-order chi connectivity index (χ0) is 21.7.